The van der Waals surface area contributed by atoms with Crippen molar-refractivity contribution in [2.45, 2.75) is 6.92 Å². The first-order valence-corrected chi connectivity index (χ1v) is 7.99. The molecule has 2 N–H and O–H groups in total. The molecular formula is C20H18N2O4. The Hall–Kier alpha value is -3.54. The maximum absolute atomic E-state index is 12.4. The second-order valence-corrected chi connectivity index (χ2v) is 5.82. The van der Waals surface area contributed by atoms with Crippen LogP contribution in [0.2, 0.25) is 0 Å². The van der Waals surface area contributed by atoms with Crippen LogP contribution in [0.15, 0.2) is 76.2 Å². The van der Waals surface area contributed by atoms with Crippen LogP contribution in [0.5, 0.6) is 5.75 Å². The van der Waals surface area contributed by atoms with Crippen molar-refractivity contribution in [1.29, 1.82) is 0 Å². The van der Waals surface area contributed by atoms with Gasteiger partial charge in [0.1, 0.15) is 23.7 Å². The number of rotatable bonds is 6. The van der Waals surface area contributed by atoms with Gasteiger partial charge < -0.3 is 19.5 Å². The summed E-state index contributed by atoms with van der Waals surface area (Å²) in [6.07, 6.45) is 1.51. The van der Waals surface area contributed by atoms with E-state index >= 15 is 0 Å². The van der Waals surface area contributed by atoms with Crippen LogP contribution in [-0.2, 0) is 0 Å². The number of nitrogens with one attached hydrogen (secondary N) is 2. The molecular weight excluding hydrogens is 332 g/mol. The van der Waals surface area contributed by atoms with Gasteiger partial charge in [0.2, 0.25) is 0 Å². The highest BCUT2D eigenvalue weighted by Crippen LogP contribution is 2.19. The van der Waals surface area contributed by atoms with Crippen molar-refractivity contribution in [2.24, 2.45) is 0 Å². The van der Waals surface area contributed by atoms with Crippen LogP contribution in [0.3, 0.4) is 0 Å². The van der Waals surface area contributed by atoms with Gasteiger partial charge in [-0.3, -0.25) is 9.59 Å². The zero-order valence-corrected chi connectivity index (χ0v) is 14.2. The molecule has 0 radical (unpaired) electrons. The molecule has 6 heteroatoms. The maximum Gasteiger partial charge on any atom is 0.261 e. The van der Waals surface area contributed by atoms with E-state index in [1.165, 1.54) is 12.3 Å². The molecule has 3 aromatic rings. The fourth-order valence-corrected chi connectivity index (χ4v) is 2.30. The molecule has 2 heterocycles. The predicted octanol–water partition coefficient (Wildman–Crippen LogP) is 3.84. The Bertz CT molecular complexity index is 987. The van der Waals surface area contributed by atoms with Gasteiger partial charge in [-0.2, -0.15) is 0 Å². The highest BCUT2D eigenvalue weighted by Gasteiger charge is 2.13. The van der Waals surface area contributed by atoms with E-state index in [0.717, 1.165) is 5.57 Å². The van der Waals surface area contributed by atoms with Gasteiger partial charge in [0.05, 0.1) is 12.0 Å². The molecule has 0 aliphatic carbocycles. The molecule has 0 bridgehead atoms. The lowest BCUT2D eigenvalue weighted by Gasteiger charge is -2.09. The quantitative estimate of drug-likeness (QED) is 0.662. The van der Waals surface area contributed by atoms with E-state index in [4.69, 9.17) is 9.15 Å². The average Bonchev–Trinajstić information content (AvgIpc) is 3.14. The highest BCUT2D eigenvalue weighted by molar-refractivity contribution is 6.04. The number of furan rings is 1. The summed E-state index contributed by atoms with van der Waals surface area (Å²) < 4.78 is 10.8. The van der Waals surface area contributed by atoms with Gasteiger partial charge in [-0.25, -0.2) is 0 Å². The van der Waals surface area contributed by atoms with Gasteiger partial charge >= 0.3 is 0 Å². The Morgan fingerprint density at radius 3 is 2.77 bits per heavy atom. The Balaban J connectivity index is 1.75. The van der Waals surface area contributed by atoms with Crippen LogP contribution in [0, 0.1) is 0 Å². The van der Waals surface area contributed by atoms with Crippen molar-refractivity contribution in [3.8, 4) is 17.2 Å². The number of carbonyl (C=O) groups excluding carboxylic acids is 1. The Labute approximate surface area is 150 Å². The number of aromatic amines is 1. The summed E-state index contributed by atoms with van der Waals surface area (Å²) in [5.41, 5.74) is 1.44. The molecule has 1 aromatic carbocycles. The number of ether oxygens (including phenoxy) is 1. The molecule has 132 valence electrons. The second kappa shape index (κ2) is 7.57. The van der Waals surface area contributed by atoms with E-state index in [2.05, 4.69) is 16.9 Å². The zero-order chi connectivity index (χ0) is 18.5. The SMILES string of the molecule is C=C(C)COc1cccc(NC(=O)c2ccc(-c3ccco3)[nH]c2=O)c1. The fraction of sp³-hybridized carbons (Fsp3) is 0.100. The van der Waals surface area contributed by atoms with Gasteiger partial charge in [0, 0.05) is 11.8 Å². The molecule has 2 aromatic heterocycles. The van der Waals surface area contributed by atoms with Gasteiger partial charge in [-0.1, -0.05) is 12.6 Å². The molecule has 0 aliphatic heterocycles. The Kier molecular flexibility index (Phi) is 5.03. The predicted molar refractivity (Wildman–Crippen MR) is 99.5 cm³/mol. The maximum atomic E-state index is 12.4. The lowest BCUT2D eigenvalue weighted by molar-refractivity contribution is 0.102. The van der Waals surface area contributed by atoms with Crippen molar-refractivity contribution < 1.29 is 13.9 Å². The van der Waals surface area contributed by atoms with Crippen LogP contribution in [0.4, 0.5) is 5.69 Å². The molecule has 0 unspecified atom stereocenters. The smallest absolute Gasteiger partial charge is 0.261 e. The highest BCUT2D eigenvalue weighted by atomic mass is 16.5. The topological polar surface area (TPSA) is 84.3 Å². The molecule has 0 saturated heterocycles. The van der Waals surface area contributed by atoms with Crippen LogP contribution < -0.4 is 15.6 Å². The monoisotopic (exact) mass is 350 g/mol. The summed E-state index contributed by atoms with van der Waals surface area (Å²) >= 11 is 0. The van der Waals surface area contributed by atoms with E-state index < -0.39 is 11.5 Å². The molecule has 0 aliphatic rings. The average molecular weight is 350 g/mol. The number of carbonyl (C=O) groups is 1. The van der Waals surface area contributed by atoms with Crippen LogP contribution in [-0.4, -0.2) is 17.5 Å². The minimum Gasteiger partial charge on any atom is -0.489 e. The van der Waals surface area contributed by atoms with E-state index in [1.54, 1.807) is 42.5 Å². The summed E-state index contributed by atoms with van der Waals surface area (Å²) in [6, 6.07) is 13.5. The summed E-state index contributed by atoms with van der Waals surface area (Å²) in [4.78, 5) is 27.3. The molecule has 3 rings (SSSR count). The summed E-state index contributed by atoms with van der Waals surface area (Å²) in [5.74, 6) is 0.624. The number of aromatic nitrogens is 1. The van der Waals surface area contributed by atoms with E-state index in [0.29, 0.717) is 29.5 Å². The number of amides is 1. The normalized spacial score (nSPS) is 10.3. The van der Waals surface area contributed by atoms with Gasteiger partial charge in [-0.15, -0.1) is 0 Å². The van der Waals surface area contributed by atoms with Crippen LogP contribution >= 0.6 is 0 Å². The number of H-pyrrole nitrogens is 1. The van der Waals surface area contributed by atoms with Crippen molar-refractivity contribution in [2.75, 3.05) is 11.9 Å². The summed E-state index contributed by atoms with van der Waals surface area (Å²) in [5, 5.41) is 2.70. The number of anilines is 1. The first-order chi connectivity index (χ1) is 12.5. The third kappa shape index (κ3) is 4.10. The molecule has 0 saturated carbocycles. The van der Waals surface area contributed by atoms with Crippen molar-refractivity contribution in [3.05, 3.63) is 82.9 Å². The number of hydrogen-bond donors (Lipinski definition) is 2. The van der Waals surface area contributed by atoms with Crippen LogP contribution in [0.25, 0.3) is 11.5 Å². The minimum absolute atomic E-state index is 0.00793. The summed E-state index contributed by atoms with van der Waals surface area (Å²) in [6.45, 7) is 6.04. The minimum atomic E-state index is -0.505. The third-order valence-corrected chi connectivity index (χ3v) is 3.52. The zero-order valence-electron chi connectivity index (χ0n) is 14.2. The van der Waals surface area contributed by atoms with Crippen molar-refractivity contribution in [3.63, 3.8) is 0 Å². The van der Waals surface area contributed by atoms with E-state index in [1.807, 2.05) is 6.92 Å². The van der Waals surface area contributed by atoms with Crippen molar-refractivity contribution >= 4 is 11.6 Å². The molecule has 0 spiro atoms. The number of hydrogen-bond acceptors (Lipinski definition) is 4. The second-order valence-electron chi connectivity index (χ2n) is 5.82. The molecule has 0 fully saturated rings. The molecule has 0 atom stereocenters. The molecule has 6 nitrogen and oxygen atoms in total. The Morgan fingerprint density at radius 2 is 2.08 bits per heavy atom. The summed E-state index contributed by atoms with van der Waals surface area (Å²) in [7, 11) is 0. The standard InChI is InChI=1S/C20H18N2O4/c1-13(2)12-26-15-6-3-5-14(11-15)21-19(23)16-8-9-17(22-20(16)24)18-7-4-10-25-18/h3-11H,1,12H2,2H3,(H,21,23)(H,22,24). The first-order valence-electron chi connectivity index (χ1n) is 7.99. The lowest BCUT2D eigenvalue weighted by atomic mass is 10.2. The number of pyridine rings is 1. The van der Waals surface area contributed by atoms with Gasteiger partial charge in [0.25, 0.3) is 11.5 Å². The van der Waals surface area contributed by atoms with Gasteiger partial charge in [0.15, 0.2) is 0 Å². The Morgan fingerprint density at radius 1 is 1.23 bits per heavy atom. The van der Waals surface area contributed by atoms with Crippen LogP contribution in [0.1, 0.15) is 17.3 Å². The van der Waals surface area contributed by atoms with E-state index in [-0.39, 0.29) is 5.56 Å². The molecule has 26 heavy (non-hydrogen) atoms. The van der Waals surface area contributed by atoms with Gasteiger partial charge in [-0.05, 0) is 48.9 Å². The first kappa shape index (κ1) is 17.3. The molecule has 1 amide bonds. The van der Waals surface area contributed by atoms with Crippen molar-refractivity contribution in [1.82, 2.24) is 4.98 Å². The fourth-order valence-electron chi connectivity index (χ4n) is 2.30. The largest absolute Gasteiger partial charge is 0.489 e. The lowest BCUT2D eigenvalue weighted by Crippen LogP contribution is -2.23. The number of benzene rings is 1. The van der Waals surface area contributed by atoms with E-state index in [9.17, 15) is 9.59 Å². The third-order valence-electron chi connectivity index (χ3n) is 3.52.